The van der Waals surface area contributed by atoms with Crippen molar-refractivity contribution < 1.29 is 9.53 Å². The van der Waals surface area contributed by atoms with Crippen molar-refractivity contribution in [2.24, 2.45) is 0 Å². The standard InChI is InChI=1S/C23H29ClN2O2/c1-3-13-26(14-4-2)23(27)21-17-18(24)9-10-22(21)28-20-11-15-25(16-12-20)19-7-5-6-8-19/h1,4,9-10,17,19-20H,2,5-8,11-16H2. The Morgan fingerprint density at radius 1 is 1.32 bits per heavy atom. The molecule has 0 bridgehead atoms. The normalized spacial score (nSPS) is 18.6. The zero-order valence-electron chi connectivity index (χ0n) is 16.4. The van der Waals surface area contributed by atoms with E-state index in [0.29, 0.717) is 22.9 Å². The van der Waals surface area contributed by atoms with E-state index in [9.17, 15) is 4.79 Å². The number of hydrogen-bond acceptors (Lipinski definition) is 3. The van der Waals surface area contributed by atoms with Gasteiger partial charge in [-0.1, -0.05) is 36.4 Å². The summed E-state index contributed by atoms with van der Waals surface area (Å²) in [4.78, 5) is 17.2. The minimum absolute atomic E-state index is 0.117. The van der Waals surface area contributed by atoms with Gasteiger partial charge in [0.05, 0.1) is 12.1 Å². The van der Waals surface area contributed by atoms with Crippen molar-refractivity contribution in [1.82, 2.24) is 9.80 Å². The molecule has 2 fully saturated rings. The van der Waals surface area contributed by atoms with Crippen LogP contribution in [0.3, 0.4) is 0 Å². The van der Waals surface area contributed by atoms with Crippen LogP contribution in [0.4, 0.5) is 0 Å². The van der Waals surface area contributed by atoms with Crippen LogP contribution in [-0.4, -0.2) is 54.0 Å². The lowest BCUT2D eigenvalue weighted by Crippen LogP contribution is -2.43. The topological polar surface area (TPSA) is 32.8 Å². The predicted molar refractivity (Wildman–Crippen MR) is 114 cm³/mol. The van der Waals surface area contributed by atoms with Gasteiger partial charge in [-0.15, -0.1) is 13.0 Å². The van der Waals surface area contributed by atoms with Crippen LogP contribution >= 0.6 is 11.6 Å². The zero-order valence-corrected chi connectivity index (χ0v) is 17.2. The first-order valence-corrected chi connectivity index (χ1v) is 10.5. The maximum Gasteiger partial charge on any atom is 0.258 e. The Bertz CT molecular complexity index is 729. The Balaban J connectivity index is 1.68. The van der Waals surface area contributed by atoms with E-state index in [1.54, 1.807) is 29.2 Å². The van der Waals surface area contributed by atoms with Crippen LogP contribution in [0.5, 0.6) is 5.75 Å². The molecular weight excluding hydrogens is 372 g/mol. The molecule has 2 aliphatic rings. The van der Waals surface area contributed by atoms with Gasteiger partial charge >= 0.3 is 0 Å². The van der Waals surface area contributed by atoms with E-state index in [0.717, 1.165) is 32.0 Å². The molecule has 0 unspecified atom stereocenters. The summed E-state index contributed by atoms with van der Waals surface area (Å²) < 4.78 is 6.27. The number of nitrogens with zero attached hydrogens (tertiary/aromatic N) is 2. The SMILES string of the molecule is C#CCN(CC=C)C(=O)c1cc(Cl)ccc1OC1CCN(C2CCCC2)CC1. The van der Waals surface area contributed by atoms with Gasteiger partial charge in [-0.25, -0.2) is 0 Å². The molecule has 0 spiro atoms. The second kappa shape index (κ2) is 10.0. The van der Waals surface area contributed by atoms with E-state index < -0.39 is 0 Å². The molecule has 5 heteroatoms. The third-order valence-corrected chi connectivity index (χ3v) is 5.94. The average molecular weight is 401 g/mol. The van der Waals surface area contributed by atoms with Crippen LogP contribution in [0.2, 0.25) is 5.02 Å². The smallest absolute Gasteiger partial charge is 0.258 e. The highest BCUT2D eigenvalue weighted by Crippen LogP contribution is 2.30. The first-order chi connectivity index (χ1) is 13.6. The van der Waals surface area contributed by atoms with Gasteiger partial charge in [0, 0.05) is 30.7 Å². The minimum atomic E-state index is -0.182. The van der Waals surface area contributed by atoms with Gasteiger partial charge < -0.3 is 14.5 Å². The third-order valence-electron chi connectivity index (χ3n) is 5.70. The molecule has 1 aromatic rings. The summed E-state index contributed by atoms with van der Waals surface area (Å²) in [5.41, 5.74) is 0.461. The highest BCUT2D eigenvalue weighted by molar-refractivity contribution is 6.31. The van der Waals surface area contributed by atoms with Gasteiger partial charge in [0.1, 0.15) is 11.9 Å². The van der Waals surface area contributed by atoms with Crippen molar-refractivity contribution in [3.63, 3.8) is 0 Å². The molecule has 0 atom stereocenters. The van der Waals surface area contributed by atoms with E-state index in [2.05, 4.69) is 17.4 Å². The number of rotatable bonds is 7. The fraction of sp³-hybridized carbons (Fsp3) is 0.522. The molecule has 4 nitrogen and oxygen atoms in total. The van der Waals surface area contributed by atoms with Gasteiger partial charge in [0.15, 0.2) is 0 Å². The fourth-order valence-electron chi connectivity index (χ4n) is 4.24. The lowest BCUT2D eigenvalue weighted by atomic mass is 10.0. The molecule has 1 saturated carbocycles. The van der Waals surface area contributed by atoms with Crippen LogP contribution in [0.15, 0.2) is 30.9 Å². The number of likely N-dealkylation sites (tertiary alicyclic amines) is 1. The summed E-state index contributed by atoms with van der Waals surface area (Å²) in [5.74, 6) is 2.93. The molecule has 1 aliphatic carbocycles. The molecule has 0 radical (unpaired) electrons. The summed E-state index contributed by atoms with van der Waals surface area (Å²) in [7, 11) is 0. The van der Waals surface area contributed by atoms with Crippen LogP contribution in [0.25, 0.3) is 0 Å². The molecule has 0 aromatic heterocycles. The van der Waals surface area contributed by atoms with Crippen molar-refractivity contribution in [1.29, 1.82) is 0 Å². The summed E-state index contributed by atoms with van der Waals surface area (Å²) >= 11 is 6.16. The number of carbonyl (C=O) groups excluding carboxylic acids is 1. The van der Waals surface area contributed by atoms with Crippen molar-refractivity contribution in [2.45, 2.75) is 50.7 Å². The molecular formula is C23H29ClN2O2. The Morgan fingerprint density at radius 2 is 2.04 bits per heavy atom. The number of hydrogen-bond donors (Lipinski definition) is 0. The number of amides is 1. The van der Waals surface area contributed by atoms with Crippen LogP contribution < -0.4 is 4.74 Å². The molecule has 0 N–H and O–H groups in total. The van der Waals surface area contributed by atoms with E-state index in [1.807, 2.05) is 0 Å². The number of ether oxygens (including phenoxy) is 1. The van der Waals surface area contributed by atoms with Gasteiger partial charge in [-0.3, -0.25) is 4.79 Å². The van der Waals surface area contributed by atoms with E-state index >= 15 is 0 Å². The Hall–Kier alpha value is -1.96. The lowest BCUT2D eigenvalue weighted by molar-refractivity contribution is 0.0713. The van der Waals surface area contributed by atoms with Crippen molar-refractivity contribution in [3.05, 3.63) is 41.4 Å². The number of piperidine rings is 1. The Morgan fingerprint density at radius 3 is 2.68 bits per heavy atom. The number of halogens is 1. The van der Waals surface area contributed by atoms with Crippen LogP contribution in [0.1, 0.15) is 48.9 Å². The number of terminal acetylenes is 1. The molecule has 150 valence electrons. The van der Waals surface area contributed by atoms with Crippen LogP contribution in [-0.2, 0) is 0 Å². The molecule has 1 aliphatic heterocycles. The lowest BCUT2D eigenvalue weighted by Gasteiger charge is -2.36. The highest BCUT2D eigenvalue weighted by atomic mass is 35.5. The fourth-order valence-corrected chi connectivity index (χ4v) is 4.41. The quantitative estimate of drug-likeness (QED) is 0.502. The first-order valence-electron chi connectivity index (χ1n) is 10.2. The molecule has 3 rings (SSSR count). The predicted octanol–water partition coefficient (Wildman–Crippen LogP) is 4.39. The Labute approximate surface area is 173 Å². The number of carbonyl (C=O) groups is 1. The average Bonchev–Trinajstić information content (AvgIpc) is 3.24. The summed E-state index contributed by atoms with van der Waals surface area (Å²) in [6, 6.07) is 5.98. The van der Waals surface area contributed by atoms with E-state index in [4.69, 9.17) is 22.8 Å². The van der Waals surface area contributed by atoms with Gasteiger partial charge in [0.25, 0.3) is 5.91 Å². The monoisotopic (exact) mass is 400 g/mol. The van der Waals surface area contributed by atoms with Crippen molar-refractivity contribution in [2.75, 3.05) is 26.2 Å². The largest absolute Gasteiger partial charge is 0.489 e. The van der Waals surface area contributed by atoms with Crippen molar-refractivity contribution in [3.8, 4) is 18.1 Å². The second-order valence-corrected chi connectivity index (χ2v) is 8.05. The second-order valence-electron chi connectivity index (χ2n) is 7.61. The van der Waals surface area contributed by atoms with E-state index in [1.165, 1.54) is 25.7 Å². The molecule has 1 aromatic carbocycles. The molecule has 1 saturated heterocycles. The maximum absolute atomic E-state index is 13.0. The van der Waals surface area contributed by atoms with Gasteiger partial charge in [-0.05, 0) is 43.9 Å². The summed E-state index contributed by atoms with van der Waals surface area (Å²) in [5, 5.41) is 0.506. The minimum Gasteiger partial charge on any atom is -0.489 e. The zero-order chi connectivity index (χ0) is 19.9. The number of benzene rings is 1. The third kappa shape index (κ3) is 5.10. The highest BCUT2D eigenvalue weighted by Gasteiger charge is 2.29. The van der Waals surface area contributed by atoms with Crippen molar-refractivity contribution >= 4 is 17.5 Å². The van der Waals surface area contributed by atoms with Gasteiger partial charge in [-0.2, -0.15) is 0 Å². The van der Waals surface area contributed by atoms with Crippen LogP contribution in [0, 0.1) is 12.3 Å². The summed E-state index contributed by atoms with van der Waals surface area (Å²) in [6.45, 7) is 6.43. The Kier molecular flexibility index (Phi) is 7.42. The molecule has 1 heterocycles. The van der Waals surface area contributed by atoms with Gasteiger partial charge in [0.2, 0.25) is 0 Å². The first kappa shape index (κ1) is 20.8. The molecule has 1 amide bonds. The van der Waals surface area contributed by atoms with E-state index in [-0.39, 0.29) is 18.6 Å². The maximum atomic E-state index is 13.0. The molecule has 28 heavy (non-hydrogen) atoms. The summed E-state index contributed by atoms with van der Waals surface area (Å²) in [6.07, 6.45) is 14.5.